The molecule has 1 aliphatic carbocycles. The van der Waals surface area contributed by atoms with Gasteiger partial charge < -0.3 is 29.2 Å². The van der Waals surface area contributed by atoms with E-state index < -0.39 is 42.4 Å². The zero-order valence-electron chi connectivity index (χ0n) is 56.9. The zero-order valence-corrected chi connectivity index (χ0v) is 56.9. The topological polar surface area (TPSA) is 350 Å². The van der Waals surface area contributed by atoms with Crippen LogP contribution in [-0.2, 0) is 52.1 Å². The van der Waals surface area contributed by atoms with Gasteiger partial charge in [-0.05, 0) is 154 Å². The summed E-state index contributed by atoms with van der Waals surface area (Å²) in [5.41, 5.74) is 18.1. The number of nitro groups is 4. The minimum atomic E-state index is -0.712. The van der Waals surface area contributed by atoms with Gasteiger partial charge in [-0.1, -0.05) is 97.1 Å². The van der Waals surface area contributed by atoms with Crippen molar-refractivity contribution in [3.63, 3.8) is 0 Å². The summed E-state index contributed by atoms with van der Waals surface area (Å²) in [6.07, 6.45) is 8.34. The van der Waals surface area contributed by atoms with Crippen LogP contribution in [0.3, 0.4) is 0 Å². The molecule has 0 amide bonds. The van der Waals surface area contributed by atoms with Crippen molar-refractivity contribution in [1.82, 2.24) is 19.9 Å². The zero-order chi connectivity index (χ0) is 73.8. The van der Waals surface area contributed by atoms with E-state index in [4.69, 9.17) is 28.9 Å². The molecular formula is C80H64N12O14. The molecule has 0 spiro atoms. The van der Waals surface area contributed by atoms with Crippen molar-refractivity contribution in [3.05, 3.63) is 349 Å². The van der Waals surface area contributed by atoms with E-state index in [9.17, 15) is 50.7 Å². The van der Waals surface area contributed by atoms with Crippen LogP contribution in [0, 0.1) is 40.5 Å². The van der Waals surface area contributed by atoms with Gasteiger partial charge in [-0.3, -0.25) is 71.2 Å². The van der Waals surface area contributed by atoms with Crippen molar-refractivity contribution in [2.75, 3.05) is 10.9 Å². The number of fused-ring (bicyclic) bond motifs is 8. The molecule has 0 saturated carbocycles. The molecule has 106 heavy (non-hydrogen) atoms. The van der Waals surface area contributed by atoms with E-state index in [-0.39, 0.29) is 49.3 Å². The molecular weight excluding hydrogens is 1350 g/mol. The Morgan fingerprint density at radius 3 is 0.943 bits per heavy atom. The average Bonchev–Trinajstić information content (AvgIpc) is 0.788. The Morgan fingerprint density at radius 1 is 0.377 bits per heavy atom. The lowest BCUT2D eigenvalue weighted by Gasteiger charge is -2.20. The van der Waals surface area contributed by atoms with Gasteiger partial charge in [-0.2, -0.15) is 10.2 Å². The number of non-ortho nitro benzene ring substituents is 2. The van der Waals surface area contributed by atoms with E-state index in [1.165, 1.54) is 12.1 Å². The van der Waals surface area contributed by atoms with Crippen LogP contribution >= 0.6 is 0 Å². The Balaban J connectivity index is 0.631. The van der Waals surface area contributed by atoms with Gasteiger partial charge in [-0.15, -0.1) is 0 Å². The number of phenols is 2. The monoisotopic (exact) mass is 1420 g/mol. The molecule has 0 aliphatic heterocycles. The van der Waals surface area contributed by atoms with Gasteiger partial charge in [0.15, 0.2) is 0 Å². The molecule has 0 unspecified atom stereocenters. The Morgan fingerprint density at radius 2 is 0.670 bits per heavy atom. The van der Waals surface area contributed by atoms with E-state index in [1.54, 1.807) is 87.2 Å². The normalized spacial score (nSPS) is 12.0. The van der Waals surface area contributed by atoms with Gasteiger partial charge in [0.05, 0.1) is 66.0 Å². The van der Waals surface area contributed by atoms with Crippen molar-refractivity contribution in [2.45, 2.75) is 66.0 Å². The number of aromatic nitrogens is 4. The number of rotatable bonds is 24. The summed E-state index contributed by atoms with van der Waals surface area (Å²) in [5, 5.41) is 78.2. The van der Waals surface area contributed by atoms with Gasteiger partial charge in [-0.25, -0.2) is 0 Å². The molecule has 12 aromatic rings. The lowest BCUT2D eigenvalue weighted by molar-refractivity contribution is -0.393. The largest absolute Gasteiger partial charge is 0.507 e. The van der Waals surface area contributed by atoms with Crippen molar-refractivity contribution in [2.24, 2.45) is 10.2 Å². The standard InChI is InChI=1S/C80H64N12O14/c1-49(85-87-73-33-23-65(89(95)96)39-75(73)91(99)100)55-19-25-67(26-20-55)103-45-51-15-29-69(81-41-51)71-31-17-53(43-83-71)47-105-79-61-11-5-12-62(79)36-58-8-4-10-60(78(58)94)38-64-14-6-13-63(37-59-9-3-7-57(35-61)77(59)93)80(64)106-48-54-18-32-72(84-44-54)70-30-16-52(42-82-70)46-104-68-27-21-56(22-28-68)50(2)86-88-74-34-24-66(90(97)98)40-76(74)92(101)102/h3-34,39-44,87-88,93-94H,35-38,45-48H2,1-2H3/b85-49+,86-50+. The van der Waals surface area contributed by atoms with Gasteiger partial charge >= 0.3 is 11.4 Å². The fraction of sp³-hybridized carbons (Fsp3) is 0.125. The first kappa shape index (κ1) is 70.1. The number of hydrazone groups is 2. The molecule has 0 radical (unpaired) electrons. The van der Waals surface area contributed by atoms with E-state index >= 15 is 0 Å². The third-order valence-corrected chi connectivity index (χ3v) is 17.7. The number of nitro benzene ring substituents is 4. The van der Waals surface area contributed by atoms with Crippen molar-refractivity contribution >= 4 is 45.5 Å². The Labute approximate surface area is 605 Å². The van der Waals surface area contributed by atoms with E-state index in [2.05, 4.69) is 31.0 Å². The summed E-state index contributed by atoms with van der Waals surface area (Å²) in [6.45, 7) is 4.25. The second-order valence-electron chi connectivity index (χ2n) is 24.8. The Hall–Kier alpha value is -14.3. The molecule has 26 nitrogen and oxygen atoms in total. The number of hydrogen-bond donors (Lipinski definition) is 4. The number of nitrogens with one attached hydrogen (secondary N) is 2. The molecule has 0 saturated heterocycles. The molecule has 0 atom stereocenters. The number of benzene rings is 8. The SMILES string of the molecule is C/C(=N\Nc1ccc([N+](=O)[O-])cc1[N+](=O)[O-])c1ccc(OCc2ccc(-c3ccc(COc4c5cccc4Cc4cccc(c4O)Cc4cccc(c4OCc4ccc(-c6ccc(COc7ccc(/C(C)=N/Nc8ccc([N+](=O)[O-])cc8[N+](=O)[O-])cc7)cn6)nc4)Cc4cccc(c4O)C5)cn3)nc2)cc1. The van der Waals surface area contributed by atoms with Crippen molar-refractivity contribution in [1.29, 1.82) is 0 Å². The number of para-hydroxylation sites is 4. The van der Waals surface area contributed by atoms with Crippen LogP contribution in [0.5, 0.6) is 34.5 Å². The number of ether oxygens (including phenoxy) is 4. The molecule has 4 aromatic heterocycles. The first-order valence-corrected chi connectivity index (χ1v) is 33.2. The highest BCUT2D eigenvalue weighted by Crippen LogP contribution is 2.40. The summed E-state index contributed by atoms with van der Waals surface area (Å²) < 4.78 is 25.7. The Bertz CT molecular complexity index is 4940. The third kappa shape index (κ3) is 16.7. The summed E-state index contributed by atoms with van der Waals surface area (Å²) in [4.78, 5) is 61.4. The summed E-state index contributed by atoms with van der Waals surface area (Å²) in [6, 6.07) is 59.5. The molecule has 8 aromatic carbocycles. The van der Waals surface area contributed by atoms with Gasteiger partial charge in [0.2, 0.25) is 0 Å². The molecule has 4 heterocycles. The van der Waals surface area contributed by atoms with Crippen LogP contribution in [0.2, 0.25) is 0 Å². The van der Waals surface area contributed by atoms with E-state index in [1.807, 2.05) is 121 Å². The summed E-state index contributed by atoms with van der Waals surface area (Å²) in [5.74, 6) is 2.78. The number of pyridine rings is 4. The molecule has 1 aliphatic rings. The van der Waals surface area contributed by atoms with Gasteiger partial charge in [0, 0.05) is 84.9 Å². The molecule has 528 valence electrons. The molecule has 4 N–H and O–H groups in total. The fourth-order valence-corrected chi connectivity index (χ4v) is 11.9. The maximum Gasteiger partial charge on any atom is 0.301 e. The van der Waals surface area contributed by atoms with Crippen LogP contribution in [0.4, 0.5) is 34.1 Å². The molecule has 13 rings (SSSR count). The number of aromatic hydroxyl groups is 2. The Kier molecular flexibility index (Phi) is 21.0. The highest BCUT2D eigenvalue weighted by atomic mass is 16.6. The van der Waals surface area contributed by atoms with Crippen LogP contribution in [-0.4, -0.2) is 61.3 Å². The quantitative estimate of drug-likeness (QED) is 0.0248. The summed E-state index contributed by atoms with van der Waals surface area (Å²) in [7, 11) is 0. The van der Waals surface area contributed by atoms with Crippen LogP contribution in [0.1, 0.15) is 91.7 Å². The predicted octanol–water partition coefficient (Wildman–Crippen LogP) is 16.3. The lowest BCUT2D eigenvalue weighted by Crippen LogP contribution is -2.06. The molecule has 8 bridgehead atoms. The van der Waals surface area contributed by atoms with Crippen LogP contribution in [0.15, 0.2) is 241 Å². The average molecular weight is 1420 g/mol. The van der Waals surface area contributed by atoms with Gasteiger partial charge in [0.1, 0.15) is 72.3 Å². The van der Waals surface area contributed by atoms with E-state index in [0.29, 0.717) is 116 Å². The van der Waals surface area contributed by atoms with Crippen LogP contribution in [0.25, 0.3) is 22.8 Å². The lowest BCUT2D eigenvalue weighted by atomic mass is 9.91. The second-order valence-corrected chi connectivity index (χ2v) is 24.8. The highest BCUT2D eigenvalue weighted by Gasteiger charge is 2.24. The van der Waals surface area contributed by atoms with Crippen molar-refractivity contribution < 1.29 is 48.9 Å². The third-order valence-electron chi connectivity index (χ3n) is 17.7. The number of nitrogens with zero attached hydrogens (tertiary/aromatic N) is 10. The minimum absolute atomic E-state index is 0.0112. The maximum absolute atomic E-state index is 12.2. The highest BCUT2D eigenvalue weighted by molar-refractivity contribution is 6.00. The first-order valence-electron chi connectivity index (χ1n) is 33.2. The number of anilines is 2. The molecule has 26 heteroatoms. The minimum Gasteiger partial charge on any atom is -0.507 e. The fourth-order valence-electron chi connectivity index (χ4n) is 11.9. The smallest absolute Gasteiger partial charge is 0.301 e. The van der Waals surface area contributed by atoms with E-state index in [0.717, 1.165) is 68.8 Å². The second kappa shape index (κ2) is 31.7. The first-order chi connectivity index (χ1) is 51.4. The van der Waals surface area contributed by atoms with Crippen molar-refractivity contribution in [3.8, 4) is 57.3 Å². The maximum atomic E-state index is 12.2. The predicted molar refractivity (Wildman–Crippen MR) is 397 cm³/mol. The van der Waals surface area contributed by atoms with Gasteiger partial charge in [0.25, 0.3) is 11.4 Å². The summed E-state index contributed by atoms with van der Waals surface area (Å²) >= 11 is 0. The number of hydrogen-bond acceptors (Lipinski definition) is 22. The number of phenolic OH excluding ortho intramolecular Hbond substituents is 2. The van der Waals surface area contributed by atoms with Crippen LogP contribution < -0.4 is 29.8 Å². The molecule has 0 fully saturated rings.